The van der Waals surface area contributed by atoms with Crippen LogP contribution in [0.25, 0.3) is 0 Å². The molecule has 20 heavy (non-hydrogen) atoms. The van der Waals surface area contributed by atoms with Crippen molar-refractivity contribution >= 4 is 21.7 Å². The number of halogens is 1. The maximum Gasteiger partial charge on any atom is 0.128 e. The number of methoxy groups -OCH3 is 1. The zero-order valence-corrected chi connectivity index (χ0v) is 13.9. The van der Waals surface area contributed by atoms with Crippen LogP contribution in [0.4, 0.5) is 5.82 Å². The van der Waals surface area contributed by atoms with Crippen molar-refractivity contribution in [2.75, 3.05) is 44.8 Å². The van der Waals surface area contributed by atoms with Gasteiger partial charge in [-0.1, -0.05) is 0 Å². The third-order valence-corrected chi connectivity index (χ3v) is 4.62. The monoisotopic (exact) mass is 341 g/mol. The fourth-order valence-electron chi connectivity index (χ4n) is 2.62. The second kappa shape index (κ2) is 7.96. The molecular formula is C15H24BrN3O. The van der Waals surface area contributed by atoms with Gasteiger partial charge in [-0.15, -0.1) is 0 Å². The Balaban J connectivity index is 1.87. The van der Waals surface area contributed by atoms with Crippen LogP contribution in [-0.2, 0) is 4.74 Å². The molecule has 1 N–H and O–H groups in total. The Morgan fingerprint density at radius 2 is 2.40 bits per heavy atom. The molecule has 1 saturated heterocycles. The maximum atomic E-state index is 5.06. The molecular weight excluding hydrogens is 318 g/mol. The van der Waals surface area contributed by atoms with E-state index in [1.807, 2.05) is 6.20 Å². The molecule has 0 amide bonds. The summed E-state index contributed by atoms with van der Waals surface area (Å²) in [5, 5.41) is 3.47. The van der Waals surface area contributed by atoms with E-state index in [-0.39, 0.29) is 0 Å². The normalized spacial score (nSPS) is 19.4. The van der Waals surface area contributed by atoms with Crippen LogP contribution >= 0.6 is 15.9 Å². The summed E-state index contributed by atoms with van der Waals surface area (Å²) < 4.78 is 6.14. The van der Waals surface area contributed by atoms with Crippen molar-refractivity contribution in [1.82, 2.24) is 10.3 Å². The Kier molecular flexibility index (Phi) is 6.26. The number of hydrogen-bond acceptors (Lipinski definition) is 4. The largest absolute Gasteiger partial charge is 0.383 e. The minimum atomic E-state index is 0.700. The Labute approximate surface area is 130 Å². The van der Waals surface area contributed by atoms with Gasteiger partial charge in [-0.05, 0) is 59.8 Å². The van der Waals surface area contributed by atoms with Gasteiger partial charge in [-0.3, -0.25) is 0 Å². The van der Waals surface area contributed by atoms with E-state index in [1.54, 1.807) is 7.11 Å². The summed E-state index contributed by atoms with van der Waals surface area (Å²) >= 11 is 3.51. The van der Waals surface area contributed by atoms with Gasteiger partial charge in [0.1, 0.15) is 5.82 Å². The summed E-state index contributed by atoms with van der Waals surface area (Å²) in [6, 6.07) is 2.17. The summed E-state index contributed by atoms with van der Waals surface area (Å²) in [4.78, 5) is 6.95. The van der Waals surface area contributed by atoms with E-state index < -0.39 is 0 Å². The number of ether oxygens (including phenoxy) is 1. The van der Waals surface area contributed by atoms with Crippen LogP contribution in [0.2, 0.25) is 0 Å². The highest BCUT2D eigenvalue weighted by atomic mass is 79.9. The van der Waals surface area contributed by atoms with Crippen molar-refractivity contribution in [1.29, 1.82) is 0 Å². The highest BCUT2D eigenvalue weighted by Gasteiger charge is 2.20. The third-order valence-electron chi connectivity index (χ3n) is 3.79. The topological polar surface area (TPSA) is 37.4 Å². The fraction of sp³-hybridized carbons (Fsp3) is 0.667. The number of aryl methyl sites for hydroxylation is 1. The molecule has 0 spiro atoms. The van der Waals surface area contributed by atoms with Gasteiger partial charge < -0.3 is 15.0 Å². The number of nitrogens with zero attached hydrogens (tertiary/aromatic N) is 2. The number of aromatic nitrogens is 1. The average molecular weight is 342 g/mol. The van der Waals surface area contributed by atoms with Crippen molar-refractivity contribution in [3.63, 3.8) is 0 Å². The van der Waals surface area contributed by atoms with Crippen LogP contribution in [0.1, 0.15) is 18.4 Å². The molecule has 1 aliphatic rings. The second-order valence-corrected chi connectivity index (χ2v) is 6.30. The maximum absolute atomic E-state index is 5.06. The third kappa shape index (κ3) is 4.43. The minimum absolute atomic E-state index is 0.700. The molecule has 1 unspecified atom stereocenters. The van der Waals surface area contributed by atoms with Crippen molar-refractivity contribution in [2.24, 2.45) is 5.92 Å². The summed E-state index contributed by atoms with van der Waals surface area (Å²) in [5.74, 6) is 1.80. The van der Waals surface area contributed by atoms with Crippen LogP contribution < -0.4 is 10.2 Å². The SMILES string of the molecule is COCCNCC1CCCN(c2cc(C)c(Br)cn2)C1. The van der Waals surface area contributed by atoms with E-state index in [0.717, 1.165) is 43.1 Å². The van der Waals surface area contributed by atoms with Gasteiger partial charge in [0.25, 0.3) is 0 Å². The van der Waals surface area contributed by atoms with Crippen LogP contribution in [0.5, 0.6) is 0 Å². The van der Waals surface area contributed by atoms with Crippen molar-refractivity contribution in [2.45, 2.75) is 19.8 Å². The molecule has 2 heterocycles. The molecule has 1 fully saturated rings. The Morgan fingerprint density at radius 1 is 1.55 bits per heavy atom. The van der Waals surface area contributed by atoms with Gasteiger partial charge >= 0.3 is 0 Å². The lowest BCUT2D eigenvalue weighted by molar-refractivity contribution is 0.197. The number of hydrogen-bond donors (Lipinski definition) is 1. The first kappa shape index (κ1) is 15.7. The van der Waals surface area contributed by atoms with E-state index in [9.17, 15) is 0 Å². The molecule has 112 valence electrons. The van der Waals surface area contributed by atoms with Crippen LogP contribution in [-0.4, -0.2) is 44.9 Å². The van der Waals surface area contributed by atoms with Crippen LogP contribution in [0.15, 0.2) is 16.7 Å². The number of rotatable bonds is 6. The highest BCUT2D eigenvalue weighted by Crippen LogP contribution is 2.24. The molecule has 0 aromatic carbocycles. The lowest BCUT2D eigenvalue weighted by Gasteiger charge is -2.34. The highest BCUT2D eigenvalue weighted by molar-refractivity contribution is 9.10. The van der Waals surface area contributed by atoms with Gasteiger partial charge in [-0.2, -0.15) is 0 Å². The van der Waals surface area contributed by atoms with Crippen molar-refractivity contribution < 1.29 is 4.74 Å². The van der Waals surface area contributed by atoms with E-state index in [1.165, 1.54) is 18.4 Å². The second-order valence-electron chi connectivity index (χ2n) is 5.44. The Morgan fingerprint density at radius 3 is 3.15 bits per heavy atom. The molecule has 1 aromatic heterocycles. The van der Waals surface area contributed by atoms with Gasteiger partial charge in [0.2, 0.25) is 0 Å². The molecule has 5 heteroatoms. The first-order valence-corrected chi connectivity index (χ1v) is 8.06. The van der Waals surface area contributed by atoms with Gasteiger partial charge in [-0.25, -0.2) is 4.98 Å². The van der Waals surface area contributed by atoms with Gasteiger partial charge in [0.05, 0.1) is 6.61 Å². The zero-order valence-electron chi connectivity index (χ0n) is 12.4. The molecule has 1 atom stereocenters. The van der Waals surface area contributed by atoms with Crippen molar-refractivity contribution in [3.8, 4) is 0 Å². The number of piperidine rings is 1. The molecule has 0 aliphatic carbocycles. The predicted octanol–water partition coefficient (Wildman–Crippen LogP) is 2.60. The fourth-order valence-corrected chi connectivity index (χ4v) is 2.83. The summed E-state index contributed by atoms with van der Waals surface area (Å²) in [6.45, 7) is 7.10. The number of pyridine rings is 1. The van der Waals surface area contributed by atoms with Crippen LogP contribution in [0, 0.1) is 12.8 Å². The van der Waals surface area contributed by atoms with E-state index >= 15 is 0 Å². The molecule has 0 radical (unpaired) electrons. The quantitative estimate of drug-likeness (QED) is 0.807. The smallest absolute Gasteiger partial charge is 0.128 e. The van der Waals surface area contributed by atoms with Crippen molar-refractivity contribution in [3.05, 3.63) is 22.3 Å². The first-order chi connectivity index (χ1) is 9.70. The number of nitrogens with one attached hydrogen (secondary N) is 1. The Bertz CT molecular complexity index is 428. The van der Waals surface area contributed by atoms with Gasteiger partial charge in [0, 0.05) is 37.4 Å². The van der Waals surface area contributed by atoms with E-state index in [4.69, 9.17) is 4.74 Å². The molecule has 1 aliphatic heterocycles. The molecule has 0 saturated carbocycles. The number of anilines is 1. The lowest BCUT2D eigenvalue weighted by Crippen LogP contribution is -2.40. The Hall–Kier alpha value is -0.650. The van der Waals surface area contributed by atoms with E-state index in [0.29, 0.717) is 5.92 Å². The van der Waals surface area contributed by atoms with Crippen LogP contribution in [0.3, 0.4) is 0 Å². The minimum Gasteiger partial charge on any atom is -0.383 e. The first-order valence-electron chi connectivity index (χ1n) is 7.27. The summed E-state index contributed by atoms with van der Waals surface area (Å²) in [6.07, 6.45) is 4.45. The van der Waals surface area contributed by atoms with E-state index in [2.05, 4.69) is 44.1 Å². The summed E-state index contributed by atoms with van der Waals surface area (Å²) in [7, 11) is 1.74. The molecule has 4 nitrogen and oxygen atoms in total. The predicted molar refractivity (Wildman–Crippen MR) is 86.4 cm³/mol. The molecule has 1 aromatic rings. The lowest BCUT2D eigenvalue weighted by atomic mass is 9.98. The summed E-state index contributed by atoms with van der Waals surface area (Å²) in [5.41, 5.74) is 1.25. The zero-order chi connectivity index (χ0) is 14.4. The molecule has 2 rings (SSSR count). The molecule has 0 bridgehead atoms. The average Bonchev–Trinajstić information content (AvgIpc) is 2.47. The standard InChI is InChI=1S/C15H24BrN3O/c1-12-8-15(18-10-14(12)16)19-6-3-4-13(11-19)9-17-5-7-20-2/h8,10,13,17H,3-7,9,11H2,1-2H3. The van der Waals surface area contributed by atoms with Gasteiger partial charge in [0.15, 0.2) is 0 Å².